The molecule has 34 heavy (non-hydrogen) atoms. The van der Waals surface area contributed by atoms with E-state index in [1.807, 2.05) is 42.3 Å². The Morgan fingerprint density at radius 3 is 2.76 bits per heavy atom. The highest BCUT2D eigenvalue weighted by Gasteiger charge is 2.25. The van der Waals surface area contributed by atoms with Gasteiger partial charge in [0.05, 0.1) is 18.3 Å². The monoisotopic (exact) mass is 487 g/mol. The van der Waals surface area contributed by atoms with Crippen LogP contribution in [0, 0.1) is 0 Å². The van der Waals surface area contributed by atoms with Crippen LogP contribution in [0.1, 0.15) is 28.4 Å². The number of allylic oxidation sites excluding steroid dienone is 1. The van der Waals surface area contributed by atoms with Crippen LogP contribution in [-0.4, -0.2) is 28.8 Å². The van der Waals surface area contributed by atoms with Gasteiger partial charge in [-0.05, 0) is 69.8 Å². The summed E-state index contributed by atoms with van der Waals surface area (Å²) in [6, 6.07) is 13.7. The maximum atomic E-state index is 13.1. The molecule has 2 heterocycles. The van der Waals surface area contributed by atoms with Crippen LogP contribution >= 0.6 is 9.24 Å². The zero-order valence-electron chi connectivity index (χ0n) is 18.2. The molecule has 2 unspecified atom stereocenters. The number of carbonyl (C=O) groups is 1. The number of hydrogen-bond acceptors (Lipinski definition) is 8. The number of alkyl halides is 2. The van der Waals surface area contributed by atoms with E-state index in [4.69, 9.17) is 0 Å². The van der Waals surface area contributed by atoms with Crippen molar-refractivity contribution in [1.82, 2.24) is 32.2 Å². The lowest BCUT2D eigenvalue weighted by atomic mass is 10.1. The molecule has 0 aliphatic carbocycles. The number of hydrogen-bond donors (Lipinski definition) is 5. The van der Waals surface area contributed by atoms with Crippen LogP contribution in [0.2, 0.25) is 0 Å². The van der Waals surface area contributed by atoms with Crippen molar-refractivity contribution < 1.29 is 18.3 Å². The van der Waals surface area contributed by atoms with Gasteiger partial charge in [0.2, 0.25) is 5.96 Å². The van der Waals surface area contributed by atoms with Gasteiger partial charge in [-0.3, -0.25) is 15.5 Å². The van der Waals surface area contributed by atoms with Crippen LogP contribution in [0.5, 0.6) is 5.75 Å². The third-order valence-electron chi connectivity index (χ3n) is 4.90. The second-order valence-electron chi connectivity index (χ2n) is 7.48. The van der Waals surface area contributed by atoms with E-state index in [1.165, 1.54) is 21.4 Å². The first-order valence-corrected chi connectivity index (χ1v) is 11.0. The average Bonchev–Trinajstić information content (AvgIpc) is 3.44. The minimum absolute atomic E-state index is 0.0368. The molecule has 5 N–H and O–H groups in total. The van der Waals surface area contributed by atoms with Gasteiger partial charge in [0.1, 0.15) is 5.75 Å². The molecule has 178 valence electrons. The van der Waals surface area contributed by atoms with E-state index in [1.54, 1.807) is 24.3 Å². The van der Waals surface area contributed by atoms with Gasteiger partial charge in [0, 0.05) is 5.56 Å². The number of hydrazine groups is 3. The molecular formula is C22H24F2N7O2P. The van der Waals surface area contributed by atoms with E-state index in [9.17, 15) is 13.6 Å². The van der Waals surface area contributed by atoms with E-state index in [2.05, 4.69) is 37.1 Å². The van der Waals surface area contributed by atoms with Gasteiger partial charge in [-0.2, -0.15) is 8.78 Å². The molecule has 2 aromatic rings. The molecule has 0 bridgehead atoms. The summed E-state index contributed by atoms with van der Waals surface area (Å²) in [5.41, 5.74) is 14.2. The van der Waals surface area contributed by atoms with Gasteiger partial charge in [0.15, 0.2) is 0 Å². The minimum Gasteiger partial charge on any atom is -0.430 e. The largest absolute Gasteiger partial charge is 0.430 e. The van der Waals surface area contributed by atoms with Crippen molar-refractivity contribution in [2.75, 3.05) is 0 Å². The highest BCUT2D eigenvalue weighted by atomic mass is 31.0. The number of benzene rings is 2. The number of halogens is 2. The molecule has 0 spiro atoms. The Kier molecular flexibility index (Phi) is 7.06. The smallest absolute Gasteiger partial charge is 0.408 e. The van der Waals surface area contributed by atoms with Crippen molar-refractivity contribution in [2.45, 2.75) is 25.4 Å². The van der Waals surface area contributed by atoms with Crippen LogP contribution < -0.4 is 32.0 Å². The molecule has 4 rings (SSSR count). The molecule has 2 aromatic carbocycles. The van der Waals surface area contributed by atoms with E-state index in [0.717, 1.165) is 16.8 Å². The van der Waals surface area contributed by atoms with Crippen LogP contribution in [0.25, 0.3) is 5.70 Å². The zero-order chi connectivity index (χ0) is 24.1. The first-order chi connectivity index (χ1) is 16.3. The zero-order valence-corrected chi connectivity index (χ0v) is 19.3. The van der Waals surface area contributed by atoms with Crippen molar-refractivity contribution in [3.63, 3.8) is 0 Å². The predicted molar refractivity (Wildman–Crippen MR) is 128 cm³/mol. The van der Waals surface area contributed by atoms with Crippen molar-refractivity contribution in [3.8, 4) is 5.75 Å². The second kappa shape index (κ2) is 10.2. The first kappa shape index (κ1) is 23.6. The van der Waals surface area contributed by atoms with Crippen molar-refractivity contribution >= 4 is 26.8 Å². The third-order valence-corrected chi connectivity index (χ3v) is 5.02. The highest BCUT2D eigenvalue weighted by Crippen LogP contribution is 2.30. The van der Waals surface area contributed by atoms with Gasteiger partial charge in [0.25, 0.3) is 5.91 Å². The summed E-state index contributed by atoms with van der Waals surface area (Å²) in [6.07, 6.45) is 6.00. The molecule has 0 saturated carbocycles. The average molecular weight is 487 g/mol. The molecular weight excluding hydrogens is 463 g/mol. The topological polar surface area (TPSA) is 102 Å². The Morgan fingerprint density at radius 2 is 2.09 bits per heavy atom. The van der Waals surface area contributed by atoms with Gasteiger partial charge in [-0.15, -0.1) is 10.6 Å². The molecule has 0 radical (unpaired) electrons. The fourth-order valence-electron chi connectivity index (χ4n) is 3.52. The number of nitrogens with one attached hydrogen (secondary N) is 5. The lowest BCUT2D eigenvalue weighted by Crippen LogP contribution is -2.43. The van der Waals surface area contributed by atoms with Crippen LogP contribution in [0.4, 0.5) is 8.78 Å². The summed E-state index contributed by atoms with van der Waals surface area (Å²) < 4.78 is 30.8. The summed E-state index contributed by atoms with van der Waals surface area (Å²) in [5, 5.41) is 8.44. The number of carbonyl (C=O) groups excluding carboxylic acids is 1. The Balaban J connectivity index is 1.51. The van der Waals surface area contributed by atoms with Gasteiger partial charge in [-0.1, -0.05) is 24.3 Å². The van der Waals surface area contributed by atoms with E-state index in [-0.39, 0.29) is 23.7 Å². The molecule has 2 aliphatic rings. The normalized spacial score (nSPS) is 17.8. The van der Waals surface area contributed by atoms with Crippen molar-refractivity contribution in [1.29, 1.82) is 0 Å². The molecule has 0 fully saturated rings. The maximum Gasteiger partial charge on any atom is 0.408 e. The summed E-state index contributed by atoms with van der Waals surface area (Å²) in [6.45, 7) is 2.40. The summed E-state index contributed by atoms with van der Waals surface area (Å²) in [7, 11) is 1.36. The number of guanidine groups is 1. The van der Waals surface area contributed by atoms with Crippen molar-refractivity contribution in [2.24, 2.45) is 5.10 Å². The Labute approximate surface area is 197 Å². The number of nitrogens with zero attached hydrogens (tertiary/aromatic N) is 2. The molecule has 1 amide bonds. The maximum absolute atomic E-state index is 13.1. The van der Waals surface area contributed by atoms with Gasteiger partial charge < -0.3 is 9.75 Å². The van der Waals surface area contributed by atoms with Gasteiger partial charge in [-0.25, -0.2) is 11.0 Å². The second-order valence-corrected chi connectivity index (χ2v) is 8.16. The Bertz CT molecular complexity index is 1130. The summed E-state index contributed by atoms with van der Waals surface area (Å²) >= 11 is 0. The Hall–Kier alpha value is -3.53. The molecule has 12 heteroatoms. The van der Waals surface area contributed by atoms with Crippen LogP contribution in [0.3, 0.4) is 0 Å². The first-order valence-electron chi connectivity index (χ1n) is 10.4. The number of hydrazone groups is 1. The lowest BCUT2D eigenvalue weighted by Gasteiger charge is -2.24. The van der Waals surface area contributed by atoms with Gasteiger partial charge >= 0.3 is 5.85 Å². The Morgan fingerprint density at radius 1 is 1.29 bits per heavy atom. The number of amides is 1. The van der Waals surface area contributed by atoms with Crippen LogP contribution in [-0.2, 0) is 6.54 Å². The standard InChI is InChI=1S/C22H24F2N7O2P/c1-2-4-17-12-19(15-7-9-18(10-8-15)33-22(23,24)34)31(28-17)13-14-5-3-6-16(11-14)20(32)25-21-26-29-30-27-21/h2-12,17,28-30H,13,34H2,1H3,(H2,25,26,27,32)/b4-2+. The predicted octanol–water partition coefficient (Wildman–Crippen LogP) is 2.41. The molecule has 0 saturated heterocycles. The SMILES string of the molecule is C/C=C/C1C=C(c2ccc(OC(F)(F)P)cc2)N(Cc2cccc(C(=O)NC3=NNNN3)c2)N1. The lowest BCUT2D eigenvalue weighted by molar-refractivity contribution is -0.0892. The summed E-state index contributed by atoms with van der Waals surface area (Å²) in [5.74, 6) is -3.30. The quantitative estimate of drug-likeness (QED) is 0.302. The van der Waals surface area contributed by atoms with Crippen LogP contribution in [0.15, 0.2) is 71.9 Å². The van der Waals surface area contributed by atoms with E-state index in [0.29, 0.717) is 12.1 Å². The highest BCUT2D eigenvalue weighted by molar-refractivity contribution is 7.17. The fourth-order valence-corrected chi connectivity index (χ4v) is 3.65. The fraction of sp³-hybridized carbons (Fsp3) is 0.182. The summed E-state index contributed by atoms with van der Waals surface area (Å²) in [4.78, 5) is 12.5. The molecule has 9 nitrogen and oxygen atoms in total. The third kappa shape index (κ3) is 6.07. The molecule has 2 atom stereocenters. The number of ether oxygens (including phenoxy) is 1. The molecule has 2 aliphatic heterocycles. The molecule has 0 aromatic heterocycles. The van der Waals surface area contributed by atoms with Crippen molar-refractivity contribution in [3.05, 3.63) is 83.4 Å². The van der Waals surface area contributed by atoms with E-state index < -0.39 is 5.85 Å². The minimum atomic E-state index is -3.33. The van der Waals surface area contributed by atoms with E-state index >= 15 is 0 Å². The number of rotatable bonds is 7.